The van der Waals surface area contributed by atoms with E-state index in [0.717, 1.165) is 0 Å². The lowest BCUT2D eigenvalue weighted by atomic mass is 10.2. The van der Waals surface area contributed by atoms with Gasteiger partial charge in [-0.25, -0.2) is 18.1 Å². The highest BCUT2D eigenvalue weighted by Gasteiger charge is 2.21. The third-order valence-corrected chi connectivity index (χ3v) is 4.73. The zero-order valence-electron chi connectivity index (χ0n) is 10.1. The maximum atomic E-state index is 12.2. The van der Waals surface area contributed by atoms with Crippen LogP contribution in [0.15, 0.2) is 29.4 Å². The number of aliphatic hydroxyl groups is 1. The van der Waals surface area contributed by atoms with Gasteiger partial charge in [-0.05, 0) is 17.7 Å². The summed E-state index contributed by atoms with van der Waals surface area (Å²) in [5, 5.41) is 9.27. The number of nitrogens with zero attached hydrogens (tertiary/aromatic N) is 1. The van der Waals surface area contributed by atoms with Gasteiger partial charge in [-0.15, -0.1) is 0 Å². The van der Waals surface area contributed by atoms with Crippen molar-refractivity contribution in [1.82, 2.24) is 14.7 Å². The number of aromatic nitrogens is 2. The van der Waals surface area contributed by atoms with Crippen molar-refractivity contribution in [2.75, 3.05) is 0 Å². The second-order valence-corrected chi connectivity index (χ2v) is 6.45. The van der Waals surface area contributed by atoms with Gasteiger partial charge in [0, 0.05) is 17.4 Å². The van der Waals surface area contributed by atoms with Crippen LogP contribution in [-0.2, 0) is 23.2 Å². The van der Waals surface area contributed by atoms with E-state index in [-0.39, 0.29) is 27.0 Å². The normalized spacial score (nSPS) is 11.8. The van der Waals surface area contributed by atoms with Gasteiger partial charge < -0.3 is 10.1 Å². The lowest BCUT2D eigenvalue weighted by Gasteiger charge is -2.10. The lowest BCUT2D eigenvalue weighted by molar-refractivity contribution is 0.281. The maximum absolute atomic E-state index is 12.2. The Balaban J connectivity index is 2.31. The maximum Gasteiger partial charge on any atom is 0.242 e. The molecule has 6 nitrogen and oxygen atoms in total. The molecular weight excluding hydrogens is 325 g/mol. The van der Waals surface area contributed by atoms with E-state index in [0.29, 0.717) is 5.82 Å². The highest BCUT2D eigenvalue weighted by Crippen LogP contribution is 2.29. The molecular formula is C11H11Cl2N3O3S. The fourth-order valence-electron chi connectivity index (χ4n) is 1.56. The summed E-state index contributed by atoms with van der Waals surface area (Å²) < 4.78 is 26.7. The molecule has 0 spiro atoms. The second kappa shape index (κ2) is 6.11. The van der Waals surface area contributed by atoms with Gasteiger partial charge in [-0.1, -0.05) is 23.2 Å². The quantitative estimate of drug-likeness (QED) is 0.774. The highest BCUT2D eigenvalue weighted by atomic mass is 35.5. The number of benzene rings is 1. The van der Waals surface area contributed by atoms with E-state index in [4.69, 9.17) is 28.3 Å². The number of aliphatic hydroxyl groups excluding tert-OH is 1. The Bertz CT molecular complexity index is 702. The van der Waals surface area contributed by atoms with Crippen LogP contribution in [0.4, 0.5) is 0 Å². The van der Waals surface area contributed by atoms with Crippen LogP contribution in [0.25, 0.3) is 0 Å². The van der Waals surface area contributed by atoms with Crippen molar-refractivity contribution in [3.05, 3.63) is 46.0 Å². The van der Waals surface area contributed by atoms with Crippen molar-refractivity contribution in [1.29, 1.82) is 0 Å². The number of hydrogen-bond acceptors (Lipinski definition) is 4. The van der Waals surface area contributed by atoms with Gasteiger partial charge in [-0.3, -0.25) is 0 Å². The molecule has 2 aromatic rings. The number of aromatic amines is 1. The van der Waals surface area contributed by atoms with E-state index < -0.39 is 16.6 Å². The minimum atomic E-state index is -3.86. The fourth-order valence-corrected chi connectivity index (χ4v) is 3.48. The molecule has 0 aliphatic carbocycles. The number of sulfonamides is 1. The topological polar surface area (TPSA) is 95.1 Å². The van der Waals surface area contributed by atoms with Crippen LogP contribution in [0.1, 0.15) is 11.4 Å². The van der Waals surface area contributed by atoms with E-state index >= 15 is 0 Å². The zero-order valence-corrected chi connectivity index (χ0v) is 12.4. The molecule has 0 saturated heterocycles. The lowest BCUT2D eigenvalue weighted by Crippen LogP contribution is -2.24. The van der Waals surface area contributed by atoms with Gasteiger partial charge >= 0.3 is 0 Å². The minimum absolute atomic E-state index is 0.00731. The van der Waals surface area contributed by atoms with Crippen LogP contribution in [0.2, 0.25) is 10.0 Å². The highest BCUT2D eigenvalue weighted by molar-refractivity contribution is 7.89. The van der Waals surface area contributed by atoms with Crippen LogP contribution in [0, 0.1) is 0 Å². The van der Waals surface area contributed by atoms with Crippen molar-refractivity contribution in [2.24, 2.45) is 0 Å². The first kappa shape index (κ1) is 15.3. The molecule has 0 bridgehead atoms. The van der Waals surface area contributed by atoms with Crippen molar-refractivity contribution in [3.63, 3.8) is 0 Å². The van der Waals surface area contributed by atoms with Crippen LogP contribution in [-0.4, -0.2) is 23.5 Å². The Morgan fingerprint density at radius 2 is 2.10 bits per heavy atom. The van der Waals surface area contributed by atoms with Gasteiger partial charge in [0.15, 0.2) is 0 Å². The van der Waals surface area contributed by atoms with Crippen LogP contribution < -0.4 is 4.72 Å². The van der Waals surface area contributed by atoms with Gasteiger partial charge in [-0.2, -0.15) is 0 Å². The smallest absolute Gasteiger partial charge is 0.242 e. The second-order valence-electron chi connectivity index (χ2n) is 3.90. The van der Waals surface area contributed by atoms with Crippen LogP contribution in [0.5, 0.6) is 0 Å². The molecule has 1 heterocycles. The summed E-state index contributed by atoms with van der Waals surface area (Å²) in [5.41, 5.74) is 0.248. The minimum Gasteiger partial charge on any atom is -0.392 e. The summed E-state index contributed by atoms with van der Waals surface area (Å²) in [5.74, 6) is 0.467. The van der Waals surface area contributed by atoms with E-state index in [1.807, 2.05) is 0 Å². The molecule has 108 valence electrons. The summed E-state index contributed by atoms with van der Waals surface area (Å²) in [6, 6.07) is 2.64. The SMILES string of the molecule is O=S(=O)(NCc1ncc[nH]1)c1cc(Cl)cc(CO)c1Cl. The van der Waals surface area contributed by atoms with Gasteiger partial charge in [0.05, 0.1) is 18.2 Å². The summed E-state index contributed by atoms with van der Waals surface area (Å²) in [4.78, 5) is 6.50. The number of hydrogen-bond donors (Lipinski definition) is 3. The number of imidazole rings is 1. The Hall–Kier alpha value is -1.12. The molecule has 0 radical (unpaired) electrons. The Labute approximate surface area is 125 Å². The van der Waals surface area contributed by atoms with Gasteiger partial charge in [0.2, 0.25) is 10.0 Å². The average Bonchev–Trinajstić information content (AvgIpc) is 2.92. The monoisotopic (exact) mass is 335 g/mol. The first-order valence-corrected chi connectivity index (χ1v) is 7.74. The Morgan fingerprint density at radius 1 is 1.35 bits per heavy atom. The molecule has 0 amide bonds. The molecule has 0 unspecified atom stereocenters. The zero-order chi connectivity index (χ0) is 14.8. The number of halogens is 2. The van der Waals surface area contributed by atoms with E-state index in [9.17, 15) is 8.42 Å². The Morgan fingerprint density at radius 3 is 2.70 bits per heavy atom. The predicted octanol–water partition coefficient (Wildman–Crippen LogP) is 1.69. The molecule has 1 aromatic heterocycles. The number of rotatable bonds is 5. The van der Waals surface area contributed by atoms with Crippen molar-refractivity contribution in [3.8, 4) is 0 Å². The third kappa shape index (κ3) is 3.31. The molecule has 0 aliphatic rings. The van der Waals surface area contributed by atoms with Gasteiger partial charge in [0.25, 0.3) is 0 Å². The third-order valence-electron chi connectivity index (χ3n) is 2.52. The first-order valence-electron chi connectivity index (χ1n) is 5.50. The average molecular weight is 336 g/mol. The summed E-state index contributed by atoms with van der Waals surface area (Å²) in [6.45, 7) is -0.410. The molecule has 0 fully saturated rings. The van der Waals surface area contributed by atoms with E-state index in [1.165, 1.54) is 18.3 Å². The fraction of sp³-hybridized carbons (Fsp3) is 0.182. The van der Waals surface area contributed by atoms with Crippen molar-refractivity contribution < 1.29 is 13.5 Å². The molecule has 0 aliphatic heterocycles. The van der Waals surface area contributed by atoms with Crippen LogP contribution >= 0.6 is 23.2 Å². The predicted molar refractivity (Wildman–Crippen MR) is 75.0 cm³/mol. The largest absolute Gasteiger partial charge is 0.392 e. The molecule has 0 saturated carbocycles. The summed E-state index contributed by atoms with van der Waals surface area (Å²) >= 11 is 11.8. The standard InChI is InChI=1S/C11H11Cl2N3O3S/c12-8-3-7(6-17)11(13)9(4-8)20(18,19)16-5-10-14-1-2-15-10/h1-4,16-17H,5-6H2,(H,14,15). The summed E-state index contributed by atoms with van der Waals surface area (Å²) in [7, 11) is -3.86. The Kier molecular flexibility index (Phi) is 4.66. The molecule has 2 rings (SSSR count). The summed E-state index contributed by atoms with van der Waals surface area (Å²) in [6.07, 6.45) is 3.10. The molecule has 20 heavy (non-hydrogen) atoms. The van der Waals surface area contributed by atoms with Crippen molar-refractivity contribution in [2.45, 2.75) is 18.0 Å². The molecule has 9 heteroatoms. The number of nitrogens with one attached hydrogen (secondary N) is 2. The molecule has 3 N–H and O–H groups in total. The first-order chi connectivity index (χ1) is 9.44. The van der Waals surface area contributed by atoms with Gasteiger partial charge in [0.1, 0.15) is 10.7 Å². The molecule has 1 aromatic carbocycles. The van der Waals surface area contributed by atoms with E-state index in [2.05, 4.69) is 14.7 Å². The van der Waals surface area contributed by atoms with E-state index in [1.54, 1.807) is 6.20 Å². The number of H-pyrrole nitrogens is 1. The van der Waals surface area contributed by atoms with Crippen molar-refractivity contribution >= 4 is 33.2 Å². The molecule has 0 atom stereocenters. The van der Waals surface area contributed by atoms with Crippen LogP contribution in [0.3, 0.4) is 0 Å².